The van der Waals surface area contributed by atoms with Gasteiger partial charge in [-0.3, -0.25) is 25.0 Å². The van der Waals surface area contributed by atoms with E-state index in [1.54, 1.807) is 30.6 Å². The third-order valence-electron chi connectivity index (χ3n) is 4.67. The zero-order valence-corrected chi connectivity index (χ0v) is 17.0. The van der Waals surface area contributed by atoms with E-state index in [2.05, 4.69) is 0 Å². The SMILES string of the molecule is CCCCCC(C(O)C/C=C\C/C=C\CC(C(O)CCC[C]=O)[N+](=O)[O-])[N+](=O)[O-]. The summed E-state index contributed by atoms with van der Waals surface area (Å²) in [5.74, 6) is 0. The van der Waals surface area contributed by atoms with Gasteiger partial charge in [0.2, 0.25) is 12.1 Å². The Kier molecular flexibility index (Phi) is 15.6. The molecule has 0 rings (SSSR count). The highest BCUT2D eigenvalue weighted by molar-refractivity contribution is 5.50. The highest BCUT2D eigenvalue weighted by Gasteiger charge is 2.28. The zero-order valence-electron chi connectivity index (χ0n) is 17.0. The highest BCUT2D eigenvalue weighted by Crippen LogP contribution is 2.14. The summed E-state index contributed by atoms with van der Waals surface area (Å²) < 4.78 is 0. The molecule has 4 atom stereocenters. The van der Waals surface area contributed by atoms with Crippen LogP contribution >= 0.6 is 0 Å². The highest BCUT2D eigenvalue weighted by atomic mass is 16.6. The molecule has 0 fully saturated rings. The van der Waals surface area contributed by atoms with Crippen LogP contribution in [0.2, 0.25) is 0 Å². The van der Waals surface area contributed by atoms with Gasteiger partial charge in [0, 0.05) is 29.1 Å². The molecule has 0 saturated carbocycles. The van der Waals surface area contributed by atoms with Gasteiger partial charge in [0.25, 0.3) is 0 Å². The molecule has 0 aromatic carbocycles. The van der Waals surface area contributed by atoms with E-state index >= 15 is 0 Å². The Balaban J connectivity index is 4.34. The van der Waals surface area contributed by atoms with Crippen LogP contribution in [-0.2, 0) is 4.79 Å². The van der Waals surface area contributed by atoms with Crippen molar-refractivity contribution in [3.8, 4) is 0 Å². The van der Waals surface area contributed by atoms with Gasteiger partial charge in [-0.1, -0.05) is 44.1 Å². The lowest BCUT2D eigenvalue weighted by atomic mass is 10.0. The Morgan fingerprint density at radius 1 is 0.862 bits per heavy atom. The van der Waals surface area contributed by atoms with Gasteiger partial charge in [0.05, 0.1) is 0 Å². The largest absolute Gasteiger partial charge is 0.386 e. The smallest absolute Gasteiger partial charge is 0.241 e. The normalized spacial score (nSPS) is 16.0. The fourth-order valence-electron chi connectivity index (χ4n) is 2.90. The Labute approximate surface area is 171 Å². The van der Waals surface area contributed by atoms with Crippen molar-refractivity contribution in [1.82, 2.24) is 0 Å². The van der Waals surface area contributed by atoms with Gasteiger partial charge in [-0.05, 0) is 32.1 Å². The molecule has 4 unspecified atom stereocenters. The molecule has 0 heterocycles. The minimum absolute atomic E-state index is 0.0657. The minimum atomic E-state index is -1.13. The molecule has 0 spiro atoms. The summed E-state index contributed by atoms with van der Waals surface area (Å²) >= 11 is 0. The molecular formula is C20H33N2O7. The molecule has 2 N–H and O–H groups in total. The average Bonchev–Trinajstić information content (AvgIpc) is 2.66. The van der Waals surface area contributed by atoms with Gasteiger partial charge in [0.15, 0.2) is 6.29 Å². The third-order valence-corrected chi connectivity index (χ3v) is 4.67. The van der Waals surface area contributed by atoms with E-state index in [1.165, 1.54) is 0 Å². The number of aliphatic hydroxyl groups excluding tert-OH is 2. The van der Waals surface area contributed by atoms with E-state index < -0.39 is 34.1 Å². The van der Waals surface area contributed by atoms with Gasteiger partial charge in [-0.25, -0.2) is 0 Å². The standard InChI is InChI=1S/C20H33N2O7/c1-2-3-7-12-17(21(26)27)19(24)14-9-6-4-5-8-13-18(22(28)29)20(25)15-10-11-16-23/h5-6,8-9,17-20,24-25H,2-4,7,10-15H2,1H3/b8-5-,9-6-. The molecule has 0 aliphatic heterocycles. The molecule has 0 saturated heterocycles. The fourth-order valence-corrected chi connectivity index (χ4v) is 2.90. The van der Waals surface area contributed by atoms with Crippen molar-refractivity contribution in [2.75, 3.05) is 0 Å². The Hall–Kier alpha value is -2.13. The second-order valence-corrected chi connectivity index (χ2v) is 7.02. The predicted octanol–water partition coefficient (Wildman–Crippen LogP) is 3.14. The topological polar surface area (TPSA) is 144 Å². The summed E-state index contributed by atoms with van der Waals surface area (Å²) in [6.07, 6.45) is 10.5. The van der Waals surface area contributed by atoms with Crippen molar-refractivity contribution in [2.45, 2.75) is 95.4 Å². The third kappa shape index (κ3) is 12.8. The lowest BCUT2D eigenvalue weighted by Gasteiger charge is -2.14. The molecule has 9 heteroatoms. The minimum Gasteiger partial charge on any atom is -0.386 e. The van der Waals surface area contributed by atoms with Crippen molar-refractivity contribution < 1.29 is 24.9 Å². The first-order valence-electron chi connectivity index (χ1n) is 10.1. The van der Waals surface area contributed by atoms with Crippen LogP contribution < -0.4 is 0 Å². The van der Waals surface area contributed by atoms with E-state index in [0.29, 0.717) is 25.7 Å². The molecule has 0 bridgehead atoms. The second kappa shape index (κ2) is 16.8. The van der Waals surface area contributed by atoms with Crippen molar-refractivity contribution in [2.24, 2.45) is 0 Å². The summed E-state index contributed by atoms with van der Waals surface area (Å²) in [6.45, 7) is 2.01. The quantitative estimate of drug-likeness (QED) is 0.152. The zero-order chi connectivity index (χ0) is 22.1. The molecule has 0 aromatic rings. The van der Waals surface area contributed by atoms with E-state index in [9.17, 15) is 35.2 Å². The number of aliphatic hydroxyl groups is 2. The van der Waals surface area contributed by atoms with Gasteiger partial charge in [-0.2, -0.15) is 0 Å². The van der Waals surface area contributed by atoms with Crippen LogP contribution in [-0.4, -0.2) is 50.6 Å². The van der Waals surface area contributed by atoms with E-state index in [0.717, 1.165) is 12.8 Å². The number of nitrogens with zero attached hydrogens (tertiary/aromatic N) is 2. The maximum absolute atomic E-state index is 11.1. The maximum atomic E-state index is 11.1. The van der Waals surface area contributed by atoms with E-state index in [1.807, 2.05) is 6.92 Å². The Morgan fingerprint density at radius 2 is 1.48 bits per heavy atom. The fraction of sp³-hybridized carbons (Fsp3) is 0.750. The first-order valence-corrected chi connectivity index (χ1v) is 10.1. The molecule has 9 nitrogen and oxygen atoms in total. The lowest BCUT2D eigenvalue weighted by Crippen LogP contribution is -2.33. The first-order chi connectivity index (χ1) is 13.8. The molecule has 0 amide bonds. The van der Waals surface area contributed by atoms with Gasteiger partial charge < -0.3 is 10.2 Å². The van der Waals surface area contributed by atoms with Crippen molar-refractivity contribution >= 4 is 6.29 Å². The molecule has 165 valence electrons. The number of hydrogen-bond acceptors (Lipinski definition) is 7. The van der Waals surface area contributed by atoms with E-state index in [-0.39, 0.29) is 25.7 Å². The van der Waals surface area contributed by atoms with Crippen LogP contribution in [0.4, 0.5) is 0 Å². The number of allylic oxidation sites excluding steroid dienone is 2. The lowest BCUT2D eigenvalue weighted by molar-refractivity contribution is -0.535. The maximum Gasteiger partial charge on any atom is 0.241 e. The van der Waals surface area contributed by atoms with Crippen LogP contribution in [0.15, 0.2) is 24.3 Å². The molecule has 0 aromatic heterocycles. The van der Waals surface area contributed by atoms with Gasteiger partial charge >= 0.3 is 0 Å². The summed E-state index contributed by atoms with van der Waals surface area (Å²) in [5, 5.41) is 42.1. The Bertz CT molecular complexity index is 537. The Morgan fingerprint density at radius 3 is 2.03 bits per heavy atom. The number of hydrogen-bond donors (Lipinski definition) is 2. The molecule has 0 aliphatic rings. The molecule has 0 aliphatic carbocycles. The first kappa shape index (κ1) is 26.9. The summed E-state index contributed by atoms with van der Waals surface area (Å²) in [7, 11) is 0. The van der Waals surface area contributed by atoms with Crippen LogP contribution in [0.3, 0.4) is 0 Å². The van der Waals surface area contributed by atoms with E-state index in [4.69, 9.17) is 0 Å². The summed E-state index contributed by atoms with van der Waals surface area (Å²) in [6, 6.07) is -2.10. The molecule has 29 heavy (non-hydrogen) atoms. The number of carbonyl (C=O) groups excluding carboxylic acids is 1. The summed E-state index contributed by atoms with van der Waals surface area (Å²) in [4.78, 5) is 31.3. The number of nitro groups is 2. The number of unbranched alkanes of at least 4 members (excludes halogenated alkanes) is 3. The van der Waals surface area contributed by atoms with Crippen molar-refractivity contribution in [3.05, 3.63) is 44.5 Å². The number of rotatable bonds is 18. The molecular weight excluding hydrogens is 380 g/mol. The van der Waals surface area contributed by atoms with Gasteiger partial charge in [0.1, 0.15) is 12.2 Å². The monoisotopic (exact) mass is 413 g/mol. The molecule has 1 radical (unpaired) electrons. The van der Waals surface area contributed by atoms with Crippen molar-refractivity contribution in [3.63, 3.8) is 0 Å². The van der Waals surface area contributed by atoms with Crippen LogP contribution in [0.25, 0.3) is 0 Å². The van der Waals surface area contributed by atoms with Crippen molar-refractivity contribution in [1.29, 1.82) is 0 Å². The average molecular weight is 413 g/mol. The van der Waals surface area contributed by atoms with Crippen LogP contribution in [0.5, 0.6) is 0 Å². The van der Waals surface area contributed by atoms with Crippen LogP contribution in [0.1, 0.15) is 71.1 Å². The predicted molar refractivity (Wildman–Crippen MR) is 109 cm³/mol. The second-order valence-electron chi connectivity index (χ2n) is 7.02. The summed E-state index contributed by atoms with van der Waals surface area (Å²) in [5.41, 5.74) is 0. The van der Waals surface area contributed by atoms with Crippen LogP contribution in [0, 0.1) is 20.2 Å². The van der Waals surface area contributed by atoms with Gasteiger partial charge in [-0.15, -0.1) is 0 Å².